The maximum atomic E-state index is 10.6. The molecule has 0 atom stereocenters. The fourth-order valence-electron chi connectivity index (χ4n) is 1.70. The summed E-state index contributed by atoms with van der Waals surface area (Å²) in [5.41, 5.74) is 0.941. The van der Waals surface area contributed by atoms with Crippen molar-refractivity contribution in [2.75, 3.05) is 6.61 Å². The van der Waals surface area contributed by atoms with Crippen molar-refractivity contribution in [1.82, 2.24) is 0 Å². The highest BCUT2D eigenvalue weighted by atomic mass is 16.5. The maximum absolute atomic E-state index is 10.6. The van der Waals surface area contributed by atoms with Crippen molar-refractivity contribution in [3.63, 3.8) is 0 Å². The zero-order chi connectivity index (χ0) is 11.4. The molecule has 1 saturated carbocycles. The molecular weight excluding hydrogens is 202 g/mol. The quantitative estimate of drug-likeness (QED) is 0.725. The van der Waals surface area contributed by atoms with Crippen LogP contribution < -0.4 is 4.74 Å². The van der Waals surface area contributed by atoms with Crippen LogP contribution in [-0.4, -0.2) is 12.9 Å². The van der Waals surface area contributed by atoms with E-state index in [2.05, 4.69) is 0 Å². The Hall–Kier alpha value is -1.82. The van der Waals surface area contributed by atoms with Crippen molar-refractivity contribution in [1.29, 1.82) is 5.26 Å². The largest absolute Gasteiger partial charge is 0.492 e. The van der Waals surface area contributed by atoms with Gasteiger partial charge in [-0.3, -0.25) is 4.79 Å². The Morgan fingerprint density at radius 1 is 1.50 bits per heavy atom. The summed E-state index contributed by atoms with van der Waals surface area (Å²) in [6, 6.07) is 6.97. The summed E-state index contributed by atoms with van der Waals surface area (Å²) >= 11 is 0. The van der Waals surface area contributed by atoms with Gasteiger partial charge in [0.2, 0.25) is 0 Å². The number of carbonyl (C=O) groups is 1. The van der Waals surface area contributed by atoms with Crippen LogP contribution in [0.2, 0.25) is 0 Å². The molecule has 0 aliphatic heterocycles. The van der Waals surface area contributed by atoms with E-state index in [1.54, 1.807) is 18.2 Å². The number of nitriles is 1. The van der Waals surface area contributed by atoms with Crippen LogP contribution in [0.15, 0.2) is 18.2 Å². The standard InChI is InChI=1S/C13H13NO2/c14-7-12-6-11(8-15)4-5-13(12)16-9-10-2-1-3-10/h4-6,8,10H,1-3,9H2. The van der Waals surface area contributed by atoms with Gasteiger partial charge in [0.25, 0.3) is 0 Å². The molecule has 2 rings (SSSR count). The van der Waals surface area contributed by atoms with Crippen molar-refractivity contribution in [3.8, 4) is 11.8 Å². The second-order valence-electron chi connectivity index (χ2n) is 4.09. The van der Waals surface area contributed by atoms with E-state index in [0.717, 1.165) is 6.29 Å². The molecule has 0 spiro atoms. The normalized spacial score (nSPS) is 14.9. The third kappa shape index (κ3) is 2.22. The van der Waals surface area contributed by atoms with Gasteiger partial charge in [0.15, 0.2) is 0 Å². The monoisotopic (exact) mass is 215 g/mol. The van der Waals surface area contributed by atoms with Gasteiger partial charge in [0.1, 0.15) is 18.1 Å². The number of hydrogen-bond acceptors (Lipinski definition) is 3. The highest BCUT2D eigenvalue weighted by Gasteiger charge is 2.18. The van der Waals surface area contributed by atoms with Crippen molar-refractivity contribution in [2.24, 2.45) is 5.92 Å². The van der Waals surface area contributed by atoms with Gasteiger partial charge in [-0.1, -0.05) is 6.42 Å². The Morgan fingerprint density at radius 2 is 2.31 bits per heavy atom. The number of hydrogen-bond donors (Lipinski definition) is 0. The van der Waals surface area contributed by atoms with Crippen molar-refractivity contribution >= 4 is 6.29 Å². The molecule has 1 aromatic carbocycles. The zero-order valence-electron chi connectivity index (χ0n) is 8.98. The predicted molar refractivity (Wildman–Crippen MR) is 59.4 cm³/mol. The summed E-state index contributed by atoms with van der Waals surface area (Å²) in [5.74, 6) is 1.22. The molecule has 0 heterocycles. The highest BCUT2D eigenvalue weighted by Crippen LogP contribution is 2.28. The van der Waals surface area contributed by atoms with Crippen molar-refractivity contribution < 1.29 is 9.53 Å². The summed E-state index contributed by atoms with van der Waals surface area (Å²) in [4.78, 5) is 10.6. The molecule has 1 fully saturated rings. The van der Waals surface area contributed by atoms with Crippen LogP contribution in [0.5, 0.6) is 5.75 Å². The summed E-state index contributed by atoms with van der Waals surface area (Å²) in [5, 5.41) is 8.93. The third-order valence-electron chi connectivity index (χ3n) is 2.96. The second-order valence-corrected chi connectivity index (χ2v) is 4.09. The summed E-state index contributed by atoms with van der Waals surface area (Å²) in [6.45, 7) is 0.676. The molecule has 3 heteroatoms. The first-order valence-corrected chi connectivity index (χ1v) is 5.45. The van der Waals surface area contributed by atoms with Gasteiger partial charge in [-0.25, -0.2) is 0 Å². The average molecular weight is 215 g/mol. The smallest absolute Gasteiger partial charge is 0.150 e. The first-order chi connectivity index (χ1) is 7.83. The molecule has 0 radical (unpaired) electrons. The number of carbonyl (C=O) groups excluding carboxylic acids is 1. The minimum absolute atomic E-state index is 0.434. The molecule has 82 valence electrons. The Bertz CT molecular complexity index is 430. The summed E-state index contributed by atoms with van der Waals surface area (Å²) in [6.07, 6.45) is 4.45. The van der Waals surface area contributed by atoms with Crippen LogP contribution >= 0.6 is 0 Å². The fraction of sp³-hybridized carbons (Fsp3) is 0.385. The summed E-state index contributed by atoms with van der Waals surface area (Å²) < 4.78 is 5.59. The van der Waals surface area contributed by atoms with Crippen LogP contribution in [0.3, 0.4) is 0 Å². The Labute approximate surface area is 94.6 Å². The average Bonchev–Trinajstić information content (AvgIpc) is 2.27. The minimum Gasteiger partial charge on any atom is -0.492 e. The Kier molecular flexibility index (Phi) is 3.21. The molecule has 0 bridgehead atoms. The first-order valence-electron chi connectivity index (χ1n) is 5.45. The zero-order valence-corrected chi connectivity index (χ0v) is 8.98. The van der Waals surface area contributed by atoms with Crippen LogP contribution in [0, 0.1) is 17.2 Å². The van der Waals surface area contributed by atoms with Crippen LogP contribution in [-0.2, 0) is 0 Å². The lowest BCUT2D eigenvalue weighted by Crippen LogP contribution is -2.19. The van der Waals surface area contributed by atoms with Gasteiger partial charge in [0, 0.05) is 5.56 Å². The van der Waals surface area contributed by atoms with E-state index in [0.29, 0.717) is 29.4 Å². The van der Waals surface area contributed by atoms with Gasteiger partial charge >= 0.3 is 0 Å². The van der Waals surface area contributed by atoms with E-state index < -0.39 is 0 Å². The lowest BCUT2D eigenvalue weighted by atomic mass is 9.86. The van der Waals surface area contributed by atoms with Crippen LogP contribution in [0.1, 0.15) is 35.2 Å². The Balaban J connectivity index is 2.07. The van der Waals surface area contributed by atoms with Gasteiger partial charge in [0.05, 0.1) is 12.2 Å². The second kappa shape index (κ2) is 4.80. The molecule has 0 N–H and O–H groups in total. The summed E-state index contributed by atoms with van der Waals surface area (Å²) in [7, 11) is 0. The molecule has 0 unspecified atom stereocenters. The maximum Gasteiger partial charge on any atom is 0.150 e. The highest BCUT2D eigenvalue weighted by molar-refractivity contribution is 5.76. The lowest BCUT2D eigenvalue weighted by molar-refractivity contribution is 0.112. The fourth-order valence-corrected chi connectivity index (χ4v) is 1.70. The van der Waals surface area contributed by atoms with Gasteiger partial charge in [-0.2, -0.15) is 5.26 Å². The van der Waals surface area contributed by atoms with E-state index in [-0.39, 0.29) is 0 Å². The molecule has 3 nitrogen and oxygen atoms in total. The third-order valence-corrected chi connectivity index (χ3v) is 2.96. The molecule has 16 heavy (non-hydrogen) atoms. The first kappa shape index (κ1) is 10.7. The lowest BCUT2D eigenvalue weighted by Gasteiger charge is -2.25. The molecule has 0 aromatic heterocycles. The van der Waals surface area contributed by atoms with Gasteiger partial charge in [-0.05, 0) is 37.0 Å². The molecule has 0 amide bonds. The SMILES string of the molecule is N#Cc1cc(C=O)ccc1OCC1CCC1. The van der Waals surface area contributed by atoms with E-state index in [1.165, 1.54) is 19.3 Å². The van der Waals surface area contributed by atoms with Gasteiger partial charge in [-0.15, -0.1) is 0 Å². The minimum atomic E-state index is 0.434. The number of rotatable bonds is 4. The van der Waals surface area contributed by atoms with E-state index in [9.17, 15) is 4.79 Å². The molecular formula is C13H13NO2. The van der Waals surface area contributed by atoms with Crippen LogP contribution in [0.25, 0.3) is 0 Å². The molecule has 1 aliphatic carbocycles. The number of aldehydes is 1. The van der Waals surface area contributed by atoms with E-state index in [4.69, 9.17) is 10.00 Å². The number of benzene rings is 1. The Morgan fingerprint density at radius 3 is 2.88 bits per heavy atom. The van der Waals surface area contributed by atoms with Crippen molar-refractivity contribution in [3.05, 3.63) is 29.3 Å². The molecule has 1 aromatic rings. The molecule has 0 saturated heterocycles. The van der Waals surface area contributed by atoms with E-state index >= 15 is 0 Å². The number of ether oxygens (including phenoxy) is 1. The molecule has 1 aliphatic rings. The topological polar surface area (TPSA) is 50.1 Å². The predicted octanol–water partition coefficient (Wildman–Crippen LogP) is 2.55. The van der Waals surface area contributed by atoms with Crippen LogP contribution in [0.4, 0.5) is 0 Å². The number of nitrogens with zero attached hydrogens (tertiary/aromatic N) is 1. The van der Waals surface area contributed by atoms with Gasteiger partial charge < -0.3 is 4.74 Å². The van der Waals surface area contributed by atoms with E-state index in [1.807, 2.05) is 6.07 Å². The van der Waals surface area contributed by atoms with Crippen molar-refractivity contribution in [2.45, 2.75) is 19.3 Å².